The molecule has 0 aliphatic carbocycles. The molecular formula is C10H23N3O3S. The van der Waals surface area contributed by atoms with Crippen LogP contribution >= 0.6 is 0 Å². The summed E-state index contributed by atoms with van der Waals surface area (Å²) in [5.74, 6) is 0.380. The average molecular weight is 265 g/mol. The standard InChI is InChI=1S/C10H23N3O3S/c1-9-3-4-10(7-11-9)8-13-17(14,15)12-5-6-16-2/h9-13H,3-8H2,1-2H3. The summed E-state index contributed by atoms with van der Waals surface area (Å²) in [4.78, 5) is 0. The van der Waals surface area contributed by atoms with Gasteiger partial charge < -0.3 is 10.1 Å². The molecule has 1 aliphatic heterocycles. The first kappa shape index (κ1) is 14.8. The number of ether oxygens (including phenoxy) is 1. The molecule has 0 aromatic carbocycles. The summed E-state index contributed by atoms with van der Waals surface area (Å²) < 4.78 is 32.8. The first-order chi connectivity index (χ1) is 8.03. The van der Waals surface area contributed by atoms with Crippen molar-refractivity contribution in [3.63, 3.8) is 0 Å². The molecule has 1 rings (SSSR count). The van der Waals surface area contributed by atoms with Crippen LogP contribution in [0.5, 0.6) is 0 Å². The highest BCUT2D eigenvalue weighted by molar-refractivity contribution is 7.87. The van der Waals surface area contributed by atoms with Gasteiger partial charge in [-0.2, -0.15) is 13.1 Å². The molecule has 102 valence electrons. The number of hydrogen-bond donors (Lipinski definition) is 3. The Hall–Kier alpha value is -0.210. The van der Waals surface area contributed by atoms with Gasteiger partial charge in [0.1, 0.15) is 0 Å². The van der Waals surface area contributed by atoms with E-state index in [-0.39, 0.29) is 0 Å². The zero-order valence-corrected chi connectivity index (χ0v) is 11.3. The van der Waals surface area contributed by atoms with Crippen molar-refractivity contribution in [2.75, 3.05) is 33.4 Å². The minimum Gasteiger partial charge on any atom is -0.383 e. The second-order valence-corrected chi connectivity index (χ2v) is 6.08. The average Bonchev–Trinajstić information content (AvgIpc) is 2.29. The first-order valence-electron chi connectivity index (χ1n) is 6.00. The Morgan fingerprint density at radius 2 is 2.12 bits per heavy atom. The maximum atomic E-state index is 11.5. The van der Waals surface area contributed by atoms with Crippen molar-refractivity contribution < 1.29 is 13.2 Å². The molecule has 1 fully saturated rings. The molecule has 0 amide bonds. The minimum absolute atomic E-state index is 0.297. The highest BCUT2D eigenvalue weighted by atomic mass is 32.2. The van der Waals surface area contributed by atoms with Crippen molar-refractivity contribution in [3.8, 4) is 0 Å². The smallest absolute Gasteiger partial charge is 0.276 e. The molecule has 2 unspecified atom stereocenters. The SMILES string of the molecule is COCCNS(=O)(=O)NCC1CCC(C)NC1. The monoisotopic (exact) mass is 265 g/mol. The van der Waals surface area contributed by atoms with E-state index in [9.17, 15) is 8.42 Å². The van der Waals surface area contributed by atoms with Crippen LogP contribution in [0.3, 0.4) is 0 Å². The Bertz CT molecular complexity index is 300. The topological polar surface area (TPSA) is 79.5 Å². The van der Waals surface area contributed by atoms with E-state index in [2.05, 4.69) is 21.7 Å². The summed E-state index contributed by atoms with van der Waals surface area (Å²) in [6, 6.07) is 0.544. The van der Waals surface area contributed by atoms with Gasteiger partial charge in [-0.15, -0.1) is 0 Å². The van der Waals surface area contributed by atoms with Gasteiger partial charge in [0.15, 0.2) is 0 Å². The van der Waals surface area contributed by atoms with Gasteiger partial charge in [0.2, 0.25) is 0 Å². The van der Waals surface area contributed by atoms with Crippen molar-refractivity contribution in [3.05, 3.63) is 0 Å². The fourth-order valence-corrected chi connectivity index (χ4v) is 2.70. The maximum Gasteiger partial charge on any atom is 0.276 e. The van der Waals surface area contributed by atoms with Crippen LogP contribution in [0.1, 0.15) is 19.8 Å². The van der Waals surface area contributed by atoms with Crippen molar-refractivity contribution >= 4 is 10.2 Å². The quantitative estimate of drug-likeness (QED) is 0.539. The molecule has 0 radical (unpaired) electrons. The summed E-state index contributed by atoms with van der Waals surface area (Å²) in [5.41, 5.74) is 0. The van der Waals surface area contributed by atoms with Gasteiger partial charge >= 0.3 is 0 Å². The molecule has 17 heavy (non-hydrogen) atoms. The second kappa shape index (κ2) is 7.27. The largest absolute Gasteiger partial charge is 0.383 e. The van der Waals surface area contributed by atoms with E-state index in [1.54, 1.807) is 0 Å². The molecule has 0 spiro atoms. The Balaban J connectivity index is 2.20. The molecule has 0 bridgehead atoms. The normalized spacial score (nSPS) is 26.0. The summed E-state index contributed by atoms with van der Waals surface area (Å²) in [6.07, 6.45) is 2.16. The van der Waals surface area contributed by atoms with E-state index in [0.717, 1.165) is 19.4 Å². The number of rotatable bonds is 7. The molecule has 1 heterocycles. The lowest BCUT2D eigenvalue weighted by molar-refractivity contribution is 0.204. The van der Waals surface area contributed by atoms with Gasteiger partial charge in [-0.05, 0) is 32.2 Å². The van der Waals surface area contributed by atoms with E-state index in [1.807, 2.05) is 0 Å². The van der Waals surface area contributed by atoms with E-state index in [0.29, 0.717) is 31.7 Å². The lowest BCUT2D eigenvalue weighted by atomic mass is 9.96. The number of methoxy groups -OCH3 is 1. The van der Waals surface area contributed by atoms with Gasteiger partial charge in [-0.3, -0.25) is 0 Å². The van der Waals surface area contributed by atoms with Crippen molar-refractivity contribution in [1.82, 2.24) is 14.8 Å². The summed E-state index contributed by atoms with van der Waals surface area (Å²) in [6.45, 7) is 4.19. The number of hydrogen-bond acceptors (Lipinski definition) is 4. The molecule has 6 nitrogen and oxygen atoms in total. The zero-order chi connectivity index (χ0) is 12.7. The second-order valence-electron chi connectivity index (χ2n) is 4.49. The first-order valence-corrected chi connectivity index (χ1v) is 7.48. The van der Waals surface area contributed by atoms with E-state index in [1.165, 1.54) is 7.11 Å². The summed E-state index contributed by atoms with van der Waals surface area (Å²) in [5, 5.41) is 3.35. The van der Waals surface area contributed by atoms with E-state index in [4.69, 9.17) is 4.74 Å². The summed E-state index contributed by atoms with van der Waals surface area (Å²) in [7, 11) is -1.84. The van der Waals surface area contributed by atoms with E-state index < -0.39 is 10.2 Å². The van der Waals surface area contributed by atoms with Crippen LogP contribution in [0, 0.1) is 5.92 Å². The highest BCUT2D eigenvalue weighted by Gasteiger charge is 2.19. The molecule has 2 atom stereocenters. The Kier molecular flexibility index (Phi) is 6.35. The molecule has 0 saturated carbocycles. The lowest BCUT2D eigenvalue weighted by Gasteiger charge is -2.27. The van der Waals surface area contributed by atoms with Crippen molar-refractivity contribution in [1.29, 1.82) is 0 Å². The Morgan fingerprint density at radius 3 is 2.71 bits per heavy atom. The van der Waals surface area contributed by atoms with Crippen LogP contribution in [0.4, 0.5) is 0 Å². The van der Waals surface area contributed by atoms with Crippen LogP contribution in [0.2, 0.25) is 0 Å². The third-order valence-electron chi connectivity index (χ3n) is 2.92. The fourth-order valence-electron chi connectivity index (χ4n) is 1.79. The lowest BCUT2D eigenvalue weighted by Crippen LogP contribution is -2.45. The van der Waals surface area contributed by atoms with Gasteiger partial charge in [0.05, 0.1) is 6.61 Å². The predicted octanol–water partition coefficient (Wildman–Crippen LogP) is -0.555. The van der Waals surface area contributed by atoms with Crippen LogP contribution in [-0.4, -0.2) is 47.8 Å². The van der Waals surface area contributed by atoms with Gasteiger partial charge in [-0.25, -0.2) is 4.72 Å². The van der Waals surface area contributed by atoms with Crippen molar-refractivity contribution in [2.24, 2.45) is 5.92 Å². The molecular weight excluding hydrogens is 242 g/mol. The molecule has 0 aromatic heterocycles. The van der Waals surface area contributed by atoms with Crippen LogP contribution in [-0.2, 0) is 14.9 Å². The summed E-state index contributed by atoms with van der Waals surface area (Å²) >= 11 is 0. The molecule has 0 aromatic rings. The number of nitrogens with one attached hydrogen (secondary N) is 3. The van der Waals surface area contributed by atoms with Crippen LogP contribution in [0.15, 0.2) is 0 Å². The van der Waals surface area contributed by atoms with Gasteiger partial charge in [0, 0.05) is 26.2 Å². The van der Waals surface area contributed by atoms with Crippen LogP contribution < -0.4 is 14.8 Å². The highest BCUT2D eigenvalue weighted by Crippen LogP contribution is 2.12. The third kappa shape index (κ3) is 6.32. The van der Waals surface area contributed by atoms with Gasteiger partial charge in [-0.1, -0.05) is 0 Å². The predicted molar refractivity (Wildman–Crippen MR) is 67.0 cm³/mol. The Morgan fingerprint density at radius 1 is 1.35 bits per heavy atom. The van der Waals surface area contributed by atoms with E-state index >= 15 is 0 Å². The van der Waals surface area contributed by atoms with Crippen LogP contribution in [0.25, 0.3) is 0 Å². The fraction of sp³-hybridized carbons (Fsp3) is 1.00. The minimum atomic E-state index is -3.37. The molecule has 7 heteroatoms. The van der Waals surface area contributed by atoms with Gasteiger partial charge in [0.25, 0.3) is 10.2 Å². The Labute approximate surface area is 104 Å². The number of piperidine rings is 1. The third-order valence-corrected chi connectivity index (χ3v) is 4.05. The molecule has 1 saturated heterocycles. The molecule has 3 N–H and O–H groups in total. The van der Waals surface area contributed by atoms with Crippen molar-refractivity contribution in [2.45, 2.75) is 25.8 Å². The zero-order valence-electron chi connectivity index (χ0n) is 10.5. The maximum absolute atomic E-state index is 11.5. The molecule has 1 aliphatic rings.